The van der Waals surface area contributed by atoms with E-state index in [0.29, 0.717) is 12.5 Å². The summed E-state index contributed by atoms with van der Waals surface area (Å²) in [4.78, 5) is 11.9. The molecule has 144 valence electrons. The van der Waals surface area contributed by atoms with Crippen LogP contribution in [-0.2, 0) is 24.3 Å². The van der Waals surface area contributed by atoms with Crippen LogP contribution in [0.3, 0.4) is 0 Å². The summed E-state index contributed by atoms with van der Waals surface area (Å²) in [5.41, 5.74) is 3.73. The average molecular weight is 367 g/mol. The van der Waals surface area contributed by atoms with Crippen LogP contribution in [0.2, 0.25) is 0 Å². The highest BCUT2D eigenvalue weighted by Crippen LogP contribution is 2.24. The van der Waals surface area contributed by atoms with E-state index in [1.165, 1.54) is 24.0 Å². The number of methoxy groups -OCH3 is 1. The molecule has 4 rings (SSSR count). The molecule has 0 amide bonds. The van der Waals surface area contributed by atoms with Gasteiger partial charge in [-0.25, -0.2) is 4.98 Å². The van der Waals surface area contributed by atoms with Crippen molar-refractivity contribution in [2.45, 2.75) is 32.4 Å². The first-order chi connectivity index (χ1) is 13.3. The van der Waals surface area contributed by atoms with Crippen LogP contribution in [0.25, 0.3) is 0 Å². The van der Waals surface area contributed by atoms with Crippen molar-refractivity contribution in [3.8, 4) is 0 Å². The second-order valence-electron chi connectivity index (χ2n) is 7.49. The normalized spacial score (nSPS) is 17.6. The van der Waals surface area contributed by atoms with Crippen molar-refractivity contribution in [3.63, 3.8) is 0 Å². The lowest BCUT2D eigenvalue weighted by molar-refractivity contribution is 0.181. The molecule has 0 bridgehead atoms. The summed E-state index contributed by atoms with van der Waals surface area (Å²) in [5.74, 6) is 2.41. The maximum absolute atomic E-state index is 5.33. The van der Waals surface area contributed by atoms with E-state index in [9.17, 15) is 0 Å². The number of anilines is 2. The van der Waals surface area contributed by atoms with Crippen molar-refractivity contribution >= 4 is 11.8 Å². The first-order valence-corrected chi connectivity index (χ1v) is 9.95. The molecule has 1 saturated heterocycles. The number of aromatic nitrogens is 2. The smallest absolute Gasteiger partial charge is 0.227 e. The Labute approximate surface area is 161 Å². The van der Waals surface area contributed by atoms with E-state index in [4.69, 9.17) is 14.7 Å². The molecule has 0 radical (unpaired) electrons. The third kappa shape index (κ3) is 4.57. The topological polar surface area (TPSA) is 62.3 Å². The molecular weight excluding hydrogens is 338 g/mol. The van der Waals surface area contributed by atoms with Crippen LogP contribution in [-0.4, -0.2) is 43.3 Å². The summed E-state index contributed by atoms with van der Waals surface area (Å²) in [6.07, 6.45) is 3.48. The van der Waals surface area contributed by atoms with Gasteiger partial charge in [-0.3, -0.25) is 0 Å². The molecule has 1 aromatic heterocycles. The Morgan fingerprint density at radius 3 is 2.81 bits per heavy atom. The second-order valence-corrected chi connectivity index (χ2v) is 7.49. The largest absolute Gasteiger partial charge is 0.378 e. The molecule has 0 unspecified atom stereocenters. The Kier molecular flexibility index (Phi) is 5.84. The third-order valence-electron chi connectivity index (χ3n) is 5.50. The number of hydrogen-bond donors (Lipinski definition) is 2. The van der Waals surface area contributed by atoms with Crippen molar-refractivity contribution in [2.75, 3.05) is 43.5 Å². The molecule has 2 aromatic rings. The molecule has 0 saturated carbocycles. The molecule has 2 aliphatic rings. The Morgan fingerprint density at radius 1 is 1.19 bits per heavy atom. The zero-order valence-corrected chi connectivity index (χ0v) is 16.1. The van der Waals surface area contributed by atoms with E-state index in [0.717, 1.165) is 56.6 Å². The van der Waals surface area contributed by atoms with Gasteiger partial charge in [0.2, 0.25) is 5.95 Å². The zero-order chi connectivity index (χ0) is 18.5. The van der Waals surface area contributed by atoms with Gasteiger partial charge in [0.25, 0.3) is 0 Å². The SMILES string of the molecule is COCc1cc(NCC2CCNCC2)nc(N2CCc3ccccc3C2)n1. The summed E-state index contributed by atoms with van der Waals surface area (Å²) < 4.78 is 5.33. The Hall–Kier alpha value is -2.18. The van der Waals surface area contributed by atoms with Crippen LogP contribution in [0, 0.1) is 5.92 Å². The lowest BCUT2D eigenvalue weighted by Gasteiger charge is -2.29. The highest BCUT2D eigenvalue weighted by molar-refractivity contribution is 5.46. The summed E-state index contributed by atoms with van der Waals surface area (Å²) in [7, 11) is 1.71. The lowest BCUT2D eigenvalue weighted by Crippen LogP contribution is -2.33. The molecule has 3 heterocycles. The van der Waals surface area contributed by atoms with Crippen LogP contribution in [0.5, 0.6) is 0 Å². The number of nitrogens with zero attached hydrogens (tertiary/aromatic N) is 3. The van der Waals surface area contributed by atoms with Gasteiger partial charge in [-0.15, -0.1) is 0 Å². The van der Waals surface area contributed by atoms with Gasteiger partial charge < -0.3 is 20.3 Å². The van der Waals surface area contributed by atoms with Gasteiger partial charge in [0.1, 0.15) is 5.82 Å². The predicted molar refractivity (Wildman–Crippen MR) is 108 cm³/mol. The third-order valence-corrected chi connectivity index (χ3v) is 5.50. The molecular formula is C21H29N5O. The van der Waals surface area contributed by atoms with Gasteiger partial charge in [0.15, 0.2) is 0 Å². The molecule has 6 heteroatoms. The average Bonchev–Trinajstić information content (AvgIpc) is 2.73. The molecule has 27 heavy (non-hydrogen) atoms. The number of hydrogen-bond acceptors (Lipinski definition) is 6. The van der Waals surface area contributed by atoms with Gasteiger partial charge in [0, 0.05) is 32.8 Å². The lowest BCUT2D eigenvalue weighted by atomic mass is 9.98. The number of rotatable bonds is 6. The number of fused-ring (bicyclic) bond motifs is 1. The first kappa shape index (κ1) is 18.2. The van der Waals surface area contributed by atoms with Crippen molar-refractivity contribution in [1.29, 1.82) is 0 Å². The minimum absolute atomic E-state index is 0.502. The van der Waals surface area contributed by atoms with Crippen LogP contribution in [0.1, 0.15) is 29.7 Å². The van der Waals surface area contributed by atoms with Crippen LogP contribution < -0.4 is 15.5 Å². The van der Waals surface area contributed by atoms with E-state index in [-0.39, 0.29) is 0 Å². The quantitative estimate of drug-likeness (QED) is 0.818. The minimum Gasteiger partial charge on any atom is -0.378 e. The molecule has 1 aromatic carbocycles. The van der Waals surface area contributed by atoms with Crippen LogP contribution in [0.4, 0.5) is 11.8 Å². The Bertz CT molecular complexity index is 760. The highest BCUT2D eigenvalue weighted by atomic mass is 16.5. The van der Waals surface area contributed by atoms with Crippen molar-refractivity contribution in [2.24, 2.45) is 5.92 Å². The number of benzene rings is 1. The van der Waals surface area contributed by atoms with E-state index in [1.807, 2.05) is 6.07 Å². The maximum atomic E-state index is 5.33. The van der Waals surface area contributed by atoms with Gasteiger partial charge in [-0.05, 0) is 49.4 Å². The monoisotopic (exact) mass is 367 g/mol. The molecule has 6 nitrogen and oxygen atoms in total. The number of ether oxygens (including phenoxy) is 1. The molecule has 0 spiro atoms. The standard InChI is InChI=1S/C21H29N5O/c1-27-15-19-12-20(23-13-16-6-9-22-10-7-16)25-21(24-19)26-11-8-17-4-2-3-5-18(17)14-26/h2-5,12,16,22H,6-11,13-15H2,1H3,(H,23,24,25). The summed E-state index contributed by atoms with van der Waals surface area (Å²) >= 11 is 0. The molecule has 1 fully saturated rings. The molecule has 2 aliphatic heterocycles. The van der Waals surface area contributed by atoms with Crippen molar-refractivity contribution in [3.05, 3.63) is 47.2 Å². The van der Waals surface area contributed by atoms with E-state index in [2.05, 4.69) is 39.8 Å². The summed E-state index contributed by atoms with van der Waals surface area (Å²) in [6, 6.07) is 10.7. The number of nitrogens with one attached hydrogen (secondary N) is 2. The molecule has 0 atom stereocenters. The van der Waals surface area contributed by atoms with Crippen LogP contribution in [0.15, 0.2) is 30.3 Å². The Balaban J connectivity index is 1.50. The van der Waals surface area contributed by atoms with Crippen molar-refractivity contribution < 1.29 is 4.74 Å². The van der Waals surface area contributed by atoms with Crippen LogP contribution >= 0.6 is 0 Å². The maximum Gasteiger partial charge on any atom is 0.227 e. The first-order valence-electron chi connectivity index (χ1n) is 9.95. The van der Waals surface area contributed by atoms with Gasteiger partial charge >= 0.3 is 0 Å². The highest BCUT2D eigenvalue weighted by Gasteiger charge is 2.20. The van der Waals surface area contributed by atoms with E-state index in [1.54, 1.807) is 7.11 Å². The van der Waals surface area contributed by atoms with Gasteiger partial charge in [-0.2, -0.15) is 4.98 Å². The number of piperidine rings is 1. The van der Waals surface area contributed by atoms with E-state index >= 15 is 0 Å². The fraction of sp³-hybridized carbons (Fsp3) is 0.524. The fourth-order valence-electron chi connectivity index (χ4n) is 3.94. The molecule has 2 N–H and O–H groups in total. The summed E-state index contributed by atoms with van der Waals surface area (Å²) in [6.45, 7) is 5.50. The summed E-state index contributed by atoms with van der Waals surface area (Å²) in [5, 5.41) is 6.97. The van der Waals surface area contributed by atoms with E-state index < -0.39 is 0 Å². The fourth-order valence-corrected chi connectivity index (χ4v) is 3.94. The molecule has 0 aliphatic carbocycles. The predicted octanol–water partition coefficient (Wildman–Crippen LogP) is 2.60. The van der Waals surface area contributed by atoms with Gasteiger partial charge in [0.05, 0.1) is 12.3 Å². The van der Waals surface area contributed by atoms with Crippen molar-refractivity contribution in [1.82, 2.24) is 15.3 Å². The Morgan fingerprint density at radius 2 is 2.00 bits per heavy atom. The zero-order valence-electron chi connectivity index (χ0n) is 16.1. The van der Waals surface area contributed by atoms with Gasteiger partial charge in [-0.1, -0.05) is 24.3 Å². The minimum atomic E-state index is 0.502. The second kappa shape index (κ2) is 8.67.